The summed E-state index contributed by atoms with van der Waals surface area (Å²) in [5, 5.41) is 3.52. The van der Waals surface area contributed by atoms with Gasteiger partial charge in [-0.1, -0.05) is 22.9 Å². The zero-order valence-electron chi connectivity index (χ0n) is 13.2. The van der Waals surface area contributed by atoms with E-state index in [1.165, 1.54) is 11.1 Å². The number of hydrogen-bond acceptors (Lipinski definition) is 3. The molecule has 2 aliphatic rings. The Morgan fingerprint density at radius 3 is 2.62 bits per heavy atom. The van der Waals surface area contributed by atoms with Crippen LogP contribution in [0.4, 0.5) is 0 Å². The van der Waals surface area contributed by atoms with Gasteiger partial charge in [-0.2, -0.15) is 0 Å². The van der Waals surface area contributed by atoms with Gasteiger partial charge in [-0.3, -0.25) is 0 Å². The smallest absolute Gasteiger partial charge is 0.127 e. The van der Waals surface area contributed by atoms with E-state index in [4.69, 9.17) is 9.47 Å². The molecule has 0 aromatic heterocycles. The molecule has 21 heavy (non-hydrogen) atoms. The predicted molar refractivity (Wildman–Crippen MR) is 87.8 cm³/mol. The van der Waals surface area contributed by atoms with E-state index in [0.717, 1.165) is 23.2 Å². The maximum absolute atomic E-state index is 6.05. The highest BCUT2D eigenvalue weighted by molar-refractivity contribution is 9.10. The van der Waals surface area contributed by atoms with E-state index >= 15 is 0 Å². The summed E-state index contributed by atoms with van der Waals surface area (Å²) >= 11 is 3.65. The minimum atomic E-state index is 0.253. The van der Waals surface area contributed by atoms with Crippen LogP contribution in [0.2, 0.25) is 0 Å². The van der Waals surface area contributed by atoms with Crippen LogP contribution in [0, 0.1) is 11.8 Å². The fourth-order valence-electron chi connectivity index (χ4n) is 3.95. The SMILES string of the molecule is CNC(c1cc(Br)cc2c1OCC2)C1C(C)OC(C)C1C. The van der Waals surface area contributed by atoms with Gasteiger partial charge in [0, 0.05) is 28.4 Å². The third kappa shape index (κ3) is 2.62. The molecule has 0 saturated carbocycles. The lowest BCUT2D eigenvalue weighted by molar-refractivity contribution is 0.0477. The van der Waals surface area contributed by atoms with Crippen molar-refractivity contribution in [1.82, 2.24) is 5.32 Å². The molecule has 0 amide bonds. The number of ether oxygens (including phenoxy) is 2. The fraction of sp³-hybridized carbons (Fsp3) is 0.647. The minimum absolute atomic E-state index is 0.253. The van der Waals surface area contributed by atoms with Crippen molar-refractivity contribution >= 4 is 15.9 Å². The third-order valence-electron chi connectivity index (χ3n) is 5.13. The third-order valence-corrected chi connectivity index (χ3v) is 5.58. The first-order valence-corrected chi connectivity index (χ1v) is 8.60. The fourth-order valence-corrected chi connectivity index (χ4v) is 4.48. The second-order valence-corrected chi connectivity index (χ2v) is 7.25. The highest BCUT2D eigenvalue weighted by Crippen LogP contribution is 2.45. The van der Waals surface area contributed by atoms with Gasteiger partial charge in [0.25, 0.3) is 0 Å². The van der Waals surface area contributed by atoms with Gasteiger partial charge in [0.1, 0.15) is 5.75 Å². The molecule has 5 atom stereocenters. The summed E-state index contributed by atoms with van der Waals surface area (Å²) in [6, 6.07) is 4.64. The molecule has 4 heteroatoms. The van der Waals surface area contributed by atoms with Gasteiger partial charge in [0.2, 0.25) is 0 Å². The Morgan fingerprint density at radius 2 is 2.00 bits per heavy atom. The van der Waals surface area contributed by atoms with E-state index < -0.39 is 0 Å². The zero-order chi connectivity index (χ0) is 15.1. The van der Waals surface area contributed by atoms with Crippen LogP contribution in [-0.4, -0.2) is 25.9 Å². The Kier molecular flexibility index (Phi) is 4.30. The van der Waals surface area contributed by atoms with Crippen molar-refractivity contribution in [2.24, 2.45) is 11.8 Å². The van der Waals surface area contributed by atoms with Gasteiger partial charge in [0.05, 0.1) is 18.8 Å². The van der Waals surface area contributed by atoms with Gasteiger partial charge >= 0.3 is 0 Å². The summed E-state index contributed by atoms with van der Waals surface area (Å²) in [6.45, 7) is 7.45. The van der Waals surface area contributed by atoms with Gasteiger partial charge in [-0.15, -0.1) is 0 Å². The molecule has 5 unspecified atom stereocenters. The van der Waals surface area contributed by atoms with E-state index in [2.05, 4.69) is 54.2 Å². The molecular weight excluding hydrogens is 330 g/mol. The van der Waals surface area contributed by atoms with Crippen molar-refractivity contribution in [2.45, 2.75) is 45.4 Å². The molecule has 2 heterocycles. The van der Waals surface area contributed by atoms with Crippen molar-refractivity contribution in [3.63, 3.8) is 0 Å². The van der Waals surface area contributed by atoms with Crippen molar-refractivity contribution in [2.75, 3.05) is 13.7 Å². The molecule has 0 aliphatic carbocycles. The van der Waals surface area contributed by atoms with Crippen LogP contribution in [0.3, 0.4) is 0 Å². The highest BCUT2D eigenvalue weighted by Gasteiger charge is 2.43. The van der Waals surface area contributed by atoms with Crippen molar-refractivity contribution < 1.29 is 9.47 Å². The maximum atomic E-state index is 6.05. The van der Waals surface area contributed by atoms with Crippen LogP contribution < -0.4 is 10.1 Å². The second-order valence-electron chi connectivity index (χ2n) is 6.33. The number of nitrogens with one attached hydrogen (secondary N) is 1. The van der Waals surface area contributed by atoms with Crippen LogP contribution in [-0.2, 0) is 11.2 Å². The zero-order valence-corrected chi connectivity index (χ0v) is 14.7. The van der Waals surface area contributed by atoms with Crippen molar-refractivity contribution in [3.8, 4) is 5.75 Å². The molecule has 1 saturated heterocycles. The van der Waals surface area contributed by atoms with E-state index in [-0.39, 0.29) is 12.1 Å². The minimum Gasteiger partial charge on any atom is -0.493 e. The molecule has 1 aromatic rings. The molecule has 0 bridgehead atoms. The number of rotatable bonds is 3. The molecule has 1 aromatic carbocycles. The average Bonchev–Trinajstić information content (AvgIpc) is 2.99. The first-order chi connectivity index (χ1) is 10.0. The predicted octanol–water partition coefficient (Wildman–Crippen LogP) is 3.70. The summed E-state index contributed by atoms with van der Waals surface area (Å²) in [7, 11) is 2.04. The van der Waals surface area contributed by atoms with E-state index in [1.54, 1.807) is 0 Å². The molecule has 2 aliphatic heterocycles. The summed E-state index contributed by atoms with van der Waals surface area (Å²) in [5.74, 6) is 2.05. The van der Waals surface area contributed by atoms with Gasteiger partial charge in [0.15, 0.2) is 0 Å². The average molecular weight is 354 g/mol. The quantitative estimate of drug-likeness (QED) is 0.898. The molecule has 116 valence electrons. The molecule has 1 fully saturated rings. The Labute approximate surface area is 135 Å². The van der Waals surface area contributed by atoms with E-state index in [0.29, 0.717) is 17.9 Å². The monoisotopic (exact) mass is 353 g/mol. The summed E-state index contributed by atoms with van der Waals surface area (Å²) in [5.41, 5.74) is 2.58. The number of benzene rings is 1. The number of fused-ring (bicyclic) bond motifs is 1. The van der Waals surface area contributed by atoms with Gasteiger partial charge in [-0.05, 0) is 44.5 Å². The molecule has 3 nitrogen and oxygen atoms in total. The van der Waals surface area contributed by atoms with Gasteiger partial charge in [-0.25, -0.2) is 0 Å². The summed E-state index contributed by atoms with van der Waals surface area (Å²) in [4.78, 5) is 0. The largest absolute Gasteiger partial charge is 0.493 e. The molecular formula is C17H24BrNO2. The number of halogens is 1. The van der Waals surface area contributed by atoms with E-state index in [1.807, 2.05) is 7.05 Å². The Balaban J connectivity index is 2.01. The lowest BCUT2D eigenvalue weighted by Crippen LogP contribution is -2.33. The molecule has 0 radical (unpaired) electrons. The van der Waals surface area contributed by atoms with Crippen LogP contribution in [0.15, 0.2) is 16.6 Å². The van der Waals surface area contributed by atoms with Crippen LogP contribution in [0.1, 0.15) is 37.9 Å². The first-order valence-electron chi connectivity index (χ1n) is 7.80. The van der Waals surface area contributed by atoms with Crippen molar-refractivity contribution in [1.29, 1.82) is 0 Å². The first kappa shape index (κ1) is 15.3. The van der Waals surface area contributed by atoms with E-state index in [9.17, 15) is 0 Å². The molecule has 0 spiro atoms. The molecule has 1 N–H and O–H groups in total. The summed E-state index contributed by atoms with van der Waals surface area (Å²) in [6.07, 6.45) is 1.56. The number of hydrogen-bond donors (Lipinski definition) is 1. The van der Waals surface area contributed by atoms with Crippen LogP contribution >= 0.6 is 15.9 Å². The normalized spacial score (nSPS) is 32.8. The highest BCUT2D eigenvalue weighted by atomic mass is 79.9. The second kappa shape index (κ2) is 5.90. The Hall–Kier alpha value is -0.580. The summed E-state index contributed by atoms with van der Waals surface area (Å²) < 4.78 is 13.1. The topological polar surface area (TPSA) is 30.5 Å². The standard InChI is InChI=1S/C17H24BrNO2/c1-9-10(2)21-11(3)15(9)16(19-4)14-8-13(18)7-12-5-6-20-17(12)14/h7-11,15-16,19H,5-6H2,1-4H3. The van der Waals surface area contributed by atoms with Crippen LogP contribution in [0.25, 0.3) is 0 Å². The Bertz CT molecular complexity index is 534. The Morgan fingerprint density at radius 1 is 1.24 bits per heavy atom. The van der Waals surface area contributed by atoms with Crippen LogP contribution in [0.5, 0.6) is 5.75 Å². The lowest BCUT2D eigenvalue weighted by Gasteiger charge is -2.30. The van der Waals surface area contributed by atoms with Crippen molar-refractivity contribution in [3.05, 3.63) is 27.7 Å². The maximum Gasteiger partial charge on any atom is 0.127 e. The lowest BCUT2D eigenvalue weighted by atomic mass is 9.80. The molecule has 3 rings (SSSR count). The van der Waals surface area contributed by atoms with Gasteiger partial charge < -0.3 is 14.8 Å².